The molecule has 5 heteroatoms. The van der Waals surface area contributed by atoms with E-state index in [0.29, 0.717) is 17.2 Å². The fourth-order valence-electron chi connectivity index (χ4n) is 3.77. The summed E-state index contributed by atoms with van der Waals surface area (Å²) in [7, 11) is 4.74. The molecular formula is C24H26O5. The van der Waals surface area contributed by atoms with Crippen molar-refractivity contribution in [2.24, 2.45) is 0 Å². The van der Waals surface area contributed by atoms with Crippen LogP contribution in [0.15, 0.2) is 29.8 Å². The summed E-state index contributed by atoms with van der Waals surface area (Å²) in [6, 6.07) is 7.99. The van der Waals surface area contributed by atoms with Crippen molar-refractivity contribution < 1.29 is 24.1 Å². The molecule has 0 aromatic heterocycles. The Balaban J connectivity index is 2.23. The topological polar surface area (TPSA) is 65.0 Å². The third-order valence-electron chi connectivity index (χ3n) is 5.43. The molecule has 0 amide bonds. The fraction of sp³-hybridized carbons (Fsp3) is 0.292. The molecule has 0 saturated carbocycles. The standard InChI is InChI=1S/C24H26O5/c1-13-7-19-17(15(3)18(12-23(25)26)20(19)8-14(13)2)9-16-10-21(27-4)24(29-6)22(11-16)28-5/h7-11H,12H2,1-6H3,(H,25,26)/b17-9+. The second-order valence-electron chi connectivity index (χ2n) is 7.17. The molecule has 2 aromatic rings. The Morgan fingerprint density at radius 2 is 1.45 bits per heavy atom. The maximum Gasteiger partial charge on any atom is 0.307 e. The van der Waals surface area contributed by atoms with Crippen LogP contribution in [0.25, 0.3) is 17.2 Å². The zero-order valence-corrected chi connectivity index (χ0v) is 17.7. The number of fused-ring (bicyclic) bond motifs is 1. The van der Waals surface area contributed by atoms with Crippen LogP contribution in [0.1, 0.15) is 41.2 Å². The fourth-order valence-corrected chi connectivity index (χ4v) is 3.77. The molecule has 0 spiro atoms. The lowest BCUT2D eigenvalue weighted by atomic mass is 9.95. The van der Waals surface area contributed by atoms with Gasteiger partial charge in [-0.25, -0.2) is 0 Å². The highest BCUT2D eigenvalue weighted by Crippen LogP contribution is 2.46. The van der Waals surface area contributed by atoms with Crippen LogP contribution in [0.3, 0.4) is 0 Å². The molecule has 0 saturated heterocycles. The Labute approximate surface area is 171 Å². The van der Waals surface area contributed by atoms with Crippen LogP contribution >= 0.6 is 0 Å². The molecule has 152 valence electrons. The van der Waals surface area contributed by atoms with Gasteiger partial charge >= 0.3 is 5.97 Å². The van der Waals surface area contributed by atoms with Crippen LogP contribution in [0.5, 0.6) is 17.2 Å². The molecule has 1 N–H and O–H groups in total. The molecule has 1 aliphatic rings. The maximum atomic E-state index is 11.5. The highest BCUT2D eigenvalue weighted by Gasteiger charge is 2.26. The number of hydrogen-bond donors (Lipinski definition) is 1. The van der Waals surface area contributed by atoms with E-state index in [2.05, 4.69) is 19.1 Å². The number of carbonyl (C=O) groups is 1. The van der Waals surface area contributed by atoms with E-state index >= 15 is 0 Å². The number of ether oxygens (including phenoxy) is 3. The van der Waals surface area contributed by atoms with Gasteiger partial charge in [-0.15, -0.1) is 0 Å². The van der Waals surface area contributed by atoms with Crippen molar-refractivity contribution in [2.45, 2.75) is 27.2 Å². The minimum Gasteiger partial charge on any atom is -0.493 e. The summed E-state index contributed by atoms with van der Waals surface area (Å²) in [5.41, 5.74) is 8.08. The van der Waals surface area contributed by atoms with Gasteiger partial charge in [0.15, 0.2) is 11.5 Å². The van der Waals surface area contributed by atoms with Gasteiger partial charge in [-0.1, -0.05) is 12.1 Å². The van der Waals surface area contributed by atoms with E-state index in [4.69, 9.17) is 14.2 Å². The molecule has 0 fully saturated rings. The average Bonchev–Trinajstić information content (AvgIpc) is 2.92. The number of allylic oxidation sites excluding steroid dienone is 2. The van der Waals surface area contributed by atoms with Crippen LogP contribution in [0.2, 0.25) is 0 Å². The van der Waals surface area contributed by atoms with E-state index in [9.17, 15) is 9.90 Å². The number of carboxylic acid groups (broad SMARTS) is 1. The molecule has 2 aromatic carbocycles. The first-order chi connectivity index (χ1) is 13.8. The second-order valence-corrected chi connectivity index (χ2v) is 7.17. The number of carboxylic acids is 1. The minimum absolute atomic E-state index is 0.00602. The predicted molar refractivity (Wildman–Crippen MR) is 115 cm³/mol. The molecule has 0 bridgehead atoms. The third kappa shape index (κ3) is 3.73. The first kappa shape index (κ1) is 20.5. The van der Waals surface area contributed by atoms with E-state index in [1.165, 1.54) is 5.56 Å². The second kappa shape index (κ2) is 8.03. The van der Waals surface area contributed by atoms with Gasteiger partial charge in [0, 0.05) is 0 Å². The van der Waals surface area contributed by atoms with Crippen LogP contribution < -0.4 is 14.2 Å². The molecular weight excluding hydrogens is 368 g/mol. The number of benzene rings is 2. The van der Waals surface area contributed by atoms with Crippen LogP contribution in [0.4, 0.5) is 0 Å². The summed E-state index contributed by atoms with van der Waals surface area (Å²) in [5, 5.41) is 9.41. The highest BCUT2D eigenvalue weighted by molar-refractivity contribution is 6.07. The summed E-state index contributed by atoms with van der Waals surface area (Å²) in [4.78, 5) is 11.5. The zero-order chi connectivity index (χ0) is 21.3. The Bertz CT molecular complexity index is 1020. The molecule has 1 aliphatic carbocycles. The lowest BCUT2D eigenvalue weighted by Gasteiger charge is -2.14. The van der Waals surface area contributed by atoms with Crippen molar-refractivity contribution in [2.75, 3.05) is 21.3 Å². The monoisotopic (exact) mass is 394 g/mol. The largest absolute Gasteiger partial charge is 0.493 e. The zero-order valence-electron chi connectivity index (χ0n) is 17.7. The highest BCUT2D eigenvalue weighted by atomic mass is 16.5. The van der Waals surface area contributed by atoms with Gasteiger partial charge in [0.05, 0.1) is 27.8 Å². The summed E-state index contributed by atoms with van der Waals surface area (Å²) in [6.45, 7) is 6.09. The molecule has 0 atom stereocenters. The van der Waals surface area contributed by atoms with E-state index < -0.39 is 5.97 Å². The van der Waals surface area contributed by atoms with E-state index in [0.717, 1.165) is 39.0 Å². The number of aliphatic carboxylic acids is 1. The van der Waals surface area contributed by atoms with Gasteiger partial charge < -0.3 is 19.3 Å². The number of rotatable bonds is 6. The van der Waals surface area contributed by atoms with Crippen LogP contribution in [-0.2, 0) is 4.79 Å². The predicted octanol–water partition coefficient (Wildman–Crippen LogP) is 5.13. The van der Waals surface area contributed by atoms with Gasteiger partial charge in [0.25, 0.3) is 0 Å². The summed E-state index contributed by atoms with van der Waals surface area (Å²) >= 11 is 0. The van der Waals surface area contributed by atoms with Crippen molar-refractivity contribution in [1.29, 1.82) is 0 Å². The average molecular weight is 394 g/mol. The lowest BCUT2D eigenvalue weighted by molar-refractivity contribution is -0.135. The lowest BCUT2D eigenvalue weighted by Crippen LogP contribution is -1.97. The molecule has 29 heavy (non-hydrogen) atoms. The van der Waals surface area contributed by atoms with Crippen molar-refractivity contribution in [3.63, 3.8) is 0 Å². The number of hydrogen-bond acceptors (Lipinski definition) is 4. The molecule has 3 rings (SSSR count). The first-order valence-corrected chi connectivity index (χ1v) is 9.36. The Kier molecular flexibility index (Phi) is 5.69. The number of aryl methyl sites for hydroxylation is 2. The Morgan fingerprint density at radius 1 is 0.897 bits per heavy atom. The van der Waals surface area contributed by atoms with Gasteiger partial charge in [-0.2, -0.15) is 0 Å². The maximum absolute atomic E-state index is 11.5. The van der Waals surface area contributed by atoms with Crippen LogP contribution in [-0.4, -0.2) is 32.4 Å². The summed E-state index contributed by atoms with van der Waals surface area (Å²) in [5.74, 6) is 0.848. The SMILES string of the molecule is COc1cc(/C=C2\C(C)=C(CC(=O)O)c3cc(C)c(C)cc32)cc(OC)c1OC. The molecule has 0 radical (unpaired) electrons. The number of methoxy groups -OCH3 is 3. The molecule has 5 nitrogen and oxygen atoms in total. The van der Waals surface area contributed by atoms with Crippen molar-refractivity contribution >= 4 is 23.2 Å². The van der Waals surface area contributed by atoms with Gasteiger partial charge in [-0.3, -0.25) is 4.79 Å². The molecule has 0 aliphatic heterocycles. The van der Waals surface area contributed by atoms with Gasteiger partial charge in [0.2, 0.25) is 5.75 Å². The van der Waals surface area contributed by atoms with E-state index in [1.807, 2.05) is 32.1 Å². The third-order valence-corrected chi connectivity index (χ3v) is 5.43. The minimum atomic E-state index is -0.836. The summed E-state index contributed by atoms with van der Waals surface area (Å²) in [6.07, 6.45) is 2.04. The van der Waals surface area contributed by atoms with Crippen molar-refractivity contribution in [1.82, 2.24) is 0 Å². The Morgan fingerprint density at radius 3 is 1.93 bits per heavy atom. The van der Waals surface area contributed by atoms with E-state index in [-0.39, 0.29) is 6.42 Å². The first-order valence-electron chi connectivity index (χ1n) is 9.36. The molecule has 0 unspecified atom stereocenters. The van der Waals surface area contributed by atoms with Crippen LogP contribution in [0, 0.1) is 13.8 Å². The Hall–Kier alpha value is -3.21. The van der Waals surface area contributed by atoms with Gasteiger partial charge in [0.1, 0.15) is 0 Å². The smallest absolute Gasteiger partial charge is 0.307 e. The quantitative estimate of drug-likeness (QED) is 0.736. The summed E-state index contributed by atoms with van der Waals surface area (Å²) < 4.78 is 16.3. The van der Waals surface area contributed by atoms with Gasteiger partial charge in [-0.05, 0) is 83.5 Å². The van der Waals surface area contributed by atoms with E-state index in [1.54, 1.807) is 21.3 Å². The van der Waals surface area contributed by atoms with Crippen molar-refractivity contribution in [3.05, 3.63) is 57.7 Å². The molecule has 0 heterocycles. The van der Waals surface area contributed by atoms with Crippen molar-refractivity contribution in [3.8, 4) is 17.2 Å². The normalized spacial score (nSPS) is 14.2.